The molecule has 5 heterocycles. The van der Waals surface area contributed by atoms with Gasteiger partial charge in [0.2, 0.25) is 0 Å². The Labute approximate surface area is 436 Å². The highest BCUT2D eigenvalue weighted by Gasteiger charge is 2.69. The maximum absolute atomic E-state index is 11.6. The van der Waals surface area contributed by atoms with E-state index in [0.717, 1.165) is 37.9 Å². The van der Waals surface area contributed by atoms with Gasteiger partial charge in [0.1, 0.15) is 109 Å². The van der Waals surface area contributed by atoms with Crippen molar-refractivity contribution in [2.45, 2.75) is 227 Å². The predicted octanol–water partition coefficient (Wildman–Crippen LogP) is -2.43. The molecular weight excluding hydrogens is 993 g/mol. The summed E-state index contributed by atoms with van der Waals surface area (Å²) in [6.45, 7) is 8.48. The molecular formula is C52H84O23. The van der Waals surface area contributed by atoms with E-state index < -0.39 is 154 Å². The highest BCUT2D eigenvalue weighted by molar-refractivity contribution is 5.30. The topological polar surface area (TPSA) is 355 Å². The van der Waals surface area contributed by atoms with Crippen molar-refractivity contribution in [2.75, 3.05) is 33.5 Å². The molecule has 0 radical (unpaired) electrons. The van der Waals surface area contributed by atoms with Crippen molar-refractivity contribution in [1.82, 2.24) is 0 Å². The van der Waals surface area contributed by atoms with Crippen LogP contribution in [-0.2, 0) is 47.4 Å². The number of hydrogen-bond donors (Lipinski definition) is 13. The average molecular weight is 1080 g/mol. The second-order valence-corrected chi connectivity index (χ2v) is 23.7. The monoisotopic (exact) mass is 1080 g/mol. The van der Waals surface area contributed by atoms with Gasteiger partial charge in [-0.1, -0.05) is 32.4 Å². The van der Waals surface area contributed by atoms with Crippen LogP contribution in [0.3, 0.4) is 0 Å². The summed E-state index contributed by atoms with van der Waals surface area (Å²) in [6.07, 6.45) is -20.5. The zero-order valence-corrected chi connectivity index (χ0v) is 43.6. The van der Waals surface area contributed by atoms with E-state index in [2.05, 4.69) is 32.9 Å². The molecule has 0 amide bonds. The molecule has 3 saturated carbocycles. The van der Waals surface area contributed by atoms with Crippen molar-refractivity contribution in [2.24, 2.45) is 40.4 Å². The molecule has 5 aliphatic heterocycles. The smallest absolute Gasteiger partial charge is 0.187 e. The van der Waals surface area contributed by atoms with Crippen LogP contribution in [0, 0.1) is 40.4 Å². The molecule has 30 atom stereocenters. The van der Waals surface area contributed by atoms with E-state index in [0.29, 0.717) is 37.0 Å². The number of ether oxygens (including phenoxy) is 10. The highest BCUT2D eigenvalue weighted by Crippen LogP contribution is 2.70. The maximum Gasteiger partial charge on any atom is 0.187 e. The molecule has 8 fully saturated rings. The standard InChI is InChI=1S/C52H84O23/c1-21(20-67-46-40(63)38(61)34(57)29(17-53)71-46)7-10-32-52(5,66-6)45-28(70-32)16-27-25-9-8-23-15-24(11-13-50(23,3)26(25)12-14-51(27,45)4)69-49-44(75-47-41(64)37(60)33(56)22(2)68-47)43(36(59)31(19-55)73-49)74-48-42(65)39(62)35(58)30(18-54)72-48/h8,10,21-22,24-31,33-49,53-65H,7,9,11-20H2,1-6H3/t21-,22+,24+,25-,26+,27+,28+,29-,30-,31-,33+,34-,35-,36-,37-,38+,39+,40-,41-,42-,43+,44-,45+,46-,47+,48+,49-,50+,51+,52+/m1/s1. The Bertz CT molecular complexity index is 2000. The lowest BCUT2D eigenvalue weighted by Crippen LogP contribution is -2.67. The molecule has 0 bridgehead atoms. The number of fused-ring (bicyclic) bond motifs is 7. The summed E-state index contributed by atoms with van der Waals surface area (Å²) in [6, 6.07) is 0. The van der Waals surface area contributed by atoms with E-state index >= 15 is 0 Å². The van der Waals surface area contributed by atoms with Gasteiger partial charge >= 0.3 is 0 Å². The molecule has 0 aromatic carbocycles. The SMILES string of the molecule is CO[C@@]1(C)C(=CC[C@@H](C)CO[C@@H]2O[C@H](CO)[C@@H](O)[C@H](O)[C@H]2O)O[C@H]2C[C@H]3[C@@H]4CC=C5C[C@@H](O[C@@H]6O[C@H](CO)[C@@H](O)[C@H](O[C@@H]7O[C@H](CO)[C@@H](O)[C@H](O)[C@H]7O)[C@H]6O[C@@H]6O[C@@H](C)[C@H](O)[C@@H](O)[C@H]6O)CC[C@]5(C)[C@H]4CC[C@]3(C)[C@H]21. The Balaban J connectivity index is 0.887. The van der Waals surface area contributed by atoms with Gasteiger partial charge in [0.25, 0.3) is 0 Å². The first-order chi connectivity index (χ1) is 35.5. The molecule has 23 heteroatoms. The van der Waals surface area contributed by atoms with Gasteiger partial charge in [0, 0.05) is 13.0 Å². The second kappa shape index (κ2) is 22.7. The summed E-state index contributed by atoms with van der Waals surface area (Å²) in [7, 11) is 1.74. The largest absolute Gasteiger partial charge is 0.492 e. The van der Waals surface area contributed by atoms with Crippen LogP contribution in [0.25, 0.3) is 0 Å². The fraction of sp³-hybridized carbons (Fsp3) is 0.923. The van der Waals surface area contributed by atoms with Crippen molar-refractivity contribution in [3.8, 4) is 0 Å². The molecule has 0 unspecified atom stereocenters. The summed E-state index contributed by atoms with van der Waals surface area (Å²) in [4.78, 5) is 0. The molecule has 5 saturated heterocycles. The maximum atomic E-state index is 11.6. The van der Waals surface area contributed by atoms with E-state index in [1.165, 1.54) is 12.5 Å². The average Bonchev–Trinajstić information content (AvgIpc) is 3.97. The van der Waals surface area contributed by atoms with Crippen LogP contribution in [0.4, 0.5) is 0 Å². The first kappa shape index (κ1) is 58.1. The lowest BCUT2D eigenvalue weighted by Gasteiger charge is -2.59. The van der Waals surface area contributed by atoms with E-state index in [1.54, 1.807) is 7.11 Å². The van der Waals surface area contributed by atoms with Gasteiger partial charge in [-0.2, -0.15) is 0 Å². The molecule has 75 heavy (non-hydrogen) atoms. The summed E-state index contributed by atoms with van der Waals surface area (Å²) >= 11 is 0. The Morgan fingerprint density at radius 2 is 1.23 bits per heavy atom. The van der Waals surface area contributed by atoms with Gasteiger partial charge in [0.05, 0.1) is 38.6 Å². The summed E-state index contributed by atoms with van der Waals surface area (Å²) in [5, 5.41) is 137. The van der Waals surface area contributed by atoms with Crippen molar-refractivity contribution in [3.63, 3.8) is 0 Å². The van der Waals surface area contributed by atoms with Gasteiger partial charge < -0.3 is 114 Å². The minimum absolute atomic E-state index is 0.0514. The van der Waals surface area contributed by atoms with Crippen LogP contribution in [0.2, 0.25) is 0 Å². The number of methoxy groups -OCH3 is 1. The van der Waals surface area contributed by atoms with Crippen LogP contribution in [-0.4, -0.2) is 241 Å². The second-order valence-electron chi connectivity index (χ2n) is 23.7. The van der Waals surface area contributed by atoms with Crippen LogP contribution >= 0.6 is 0 Å². The Kier molecular flexibility index (Phi) is 17.6. The number of aliphatic hydroxyl groups is 13. The lowest BCUT2D eigenvalue weighted by atomic mass is 9.46. The van der Waals surface area contributed by atoms with Gasteiger partial charge in [-0.3, -0.25) is 0 Å². The highest BCUT2D eigenvalue weighted by atomic mass is 16.8. The van der Waals surface area contributed by atoms with E-state index in [4.69, 9.17) is 47.4 Å². The van der Waals surface area contributed by atoms with E-state index in [1.807, 2.05) is 6.92 Å². The van der Waals surface area contributed by atoms with Crippen molar-refractivity contribution >= 4 is 0 Å². The van der Waals surface area contributed by atoms with Crippen molar-refractivity contribution < 1.29 is 114 Å². The number of aliphatic hydroxyl groups excluding tert-OH is 13. The summed E-state index contributed by atoms with van der Waals surface area (Å²) in [5.74, 6) is 1.92. The van der Waals surface area contributed by atoms with Crippen molar-refractivity contribution in [3.05, 3.63) is 23.5 Å². The first-order valence-corrected chi connectivity index (χ1v) is 27.0. The molecule has 9 rings (SSSR count). The van der Waals surface area contributed by atoms with Crippen molar-refractivity contribution in [1.29, 1.82) is 0 Å². The Hall–Kier alpha value is -1.60. The minimum atomic E-state index is -1.88. The lowest BCUT2D eigenvalue weighted by molar-refractivity contribution is -0.394. The van der Waals surface area contributed by atoms with Gasteiger partial charge in [-0.05, 0) is 106 Å². The quantitative estimate of drug-likeness (QED) is 0.0758. The molecule has 0 aromatic heterocycles. The molecule has 13 N–H and O–H groups in total. The molecule has 0 spiro atoms. The van der Waals surface area contributed by atoms with Crippen LogP contribution in [0.1, 0.15) is 86.0 Å². The normalized spacial score (nSPS) is 53.8. The predicted molar refractivity (Wildman–Crippen MR) is 255 cm³/mol. The Morgan fingerprint density at radius 1 is 0.653 bits per heavy atom. The first-order valence-electron chi connectivity index (χ1n) is 27.0. The number of allylic oxidation sites excluding steroid dienone is 2. The van der Waals surface area contributed by atoms with E-state index in [-0.39, 0.29) is 35.4 Å². The van der Waals surface area contributed by atoms with Gasteiger partial charge in [-0.25, -0.2) is 0 Å². The van der Waals surface area contributed by atoms with E-state index in [9.17, 15) is 66.4 Å². The third-order valence-electron chi connectivity index (χ3n) is 19.3. The van der Waals surface area contributed by atoms with Crippen LogP contribution < -0.4 is 0 Å². The zero-order valence-electron chi connectivity index (χ0n) is 43.6. The Morgan fingerprint density at radius 3 is 1.87 bits per heavy atom. The third kappa shape index (κ3) is 10.3. The number of rotatable bonds is 15. The van der Waals surface area contributed by atoms with Crippen LogP contribution in [0.5, 0.6) is 0 Å². The fourth-order valence-electron chi connectivity index (χ4n) is 14.8. The number of hydrogen-bond acceptors (Lipinski definition) is 23. The zero-order chi connectivity index (χ0) is 54.2. The molecule has 4 aliphatic carbocycles. The van der Waals surface area contributed by atoms with Gasteiger partial charge in [0.15, 0.2) is 25.2 Å². The molecule has 0 aromatic rings. The summed E-state index contributed by atoms with van der Waals surface area (Å²) in [5.41, 5.74) is 0.290. The van der Waals surface area contributed by atoms with Crippen LogP contribution in [0.15, 0.2) is 23.5 Å². The molecule has 23 nitrogen and oxygen atoms in total. The third-order valence-corrected chi connectivity index (χ3v) is 19.3. The van der Waals surface area contributed by atoms with Gasteiger partial charge in [-0.15, -0.1) is 0 Å². The molecule has 430 valence electrons. The fourth-order valence-corrected chi connectivity index (χ4v) is 14.8. The molecule has 9 aliphatic rings. The minimum Gasteiger partial charge on any atom is -0.492 e. The summed E-state index contributed by atoms with van der Waals surface area (Å²) < 4.78 is 61.5.